The molecule has 0 heterocycles. The maximum atomic E-state index is 12.7. The summed E-state index contributed by atoms with van der Waals surface area (Å²) in [4.78, 5) is 24.4. The fraction of sp³-hybridized carbons (Fsp3) is 0.111. The lowest BCUT2D eigenvalue weighted by Crippen LogP contribution is -2.13. The molecule has 0 saturated carbocycles. The average molecular weight is 451 g/mol. The molecule has 3 aromatic carbocycles. The Morgan fingerprint density at radius 2 is 1.68 bits per heavy atom. The highest BCUT2D eigenvalue weighted by Gasteiger charge is 2.13. The fourth-order valence-corrected chi connectivity index (χ4v) is 3.05. The molecule has 0 aliphatic carbocycles. The molecule has 7 heteroatoms. The van der Waals surface area contributed by atoms with Gasteiger partial charge in [0.05, 0.1) is 23.8 Å². The lowest BCUT2D eigenvalue weighted by Gasteiger charge is -2.11. The number of hydrogen-bond donors (Lipinski definition) is 1. The topological polar surface area (TPSA) is 112 Å². The van der Waals surface area contributed by atoms with Crippen molar-refractivity contribution in [3.05, 3.63) is 101 Å². The Morgan fingerprint density at radius 3 is 2.38 bits per heavy atom. The van der Waals surface area contributed by atoms with Crippen LogP contribution in [0.25, 0.3) is 6.08 Å². The summed E-state index contributed by atoms with van der Waals surface area (Å²) < 4.78 is 10.8. The van der Waals surface area contributed by atoms with Crippen LogP contribution in [0.1, 0.15) is 34.0 Å². The Kier molecular flexibility index (Phi) is 8.15. The number of carbonyl (C=O) groups excluding carboxylic acids is 2. The molecule has 1 amide bonds. The molecule has 34 heavy (non-hydrogen) atoms. The lowest BCUT2D eigenvalue weighted by atomic mass is 10.1. The molecule has 0 aliphatic rings. The number of nitrogens with zero attached hydrogens (tertiary/aromatic N) is 2. The van der Waals surface area contributed by atoms with Crippen LogP contribution in [-0.2, 0) is 16.1 Å². The minimum absolute atomic E-state index is 0.122. The number of amides is 1. The highest BCUT2D eigenvalue weighted by atomic mass is 16.5. The summed E-state index contributed by atoms with van der Waals surface area (Å²) in [6.07, 6.45) is 1.44. The Balaban J connectivity index is 1.75. The van der Waals surface area contributed by atoms with Crippen molar-refractivity contribution in [3.8, 4) is 17.9 Å². The van der Waals surface area contributed by atoms with E-state index in [-0.39, 0.29) is 18.8 Å². The SMILES string of the molecule is CCOC(=O)c1ccc(NC(=O)/C(C#N)=C/c2ccccc2OCc2ccccc2C#N)cc1. The van der Waals surface area contributed by atoms with Gasteiger partial charge in [-0.2, -0.15) is 10.5 Å². The maximum absolute atomic E-state index is 12.7. The predicted molar refractivity (Wildman–Crippen MR) is 127 cm³/mol. The van der Waals surface area contributed by atoms with Gasteiger partial charge in [-0.3, -0.25) is 4.79 Å². The summed E-state index contributed by atoms with van der Waals surface area (Å²) in [5, 5.41) is 21.5. The summed E-state index contributed by atoms with van der Waals surface area (Å²) >= 11 is 0. The third-order valence-corrected chi connectivity index (χ3v) is 4.76. The van der Waals surface area contributed by atoms with Gasteiger partial charge in [-0.25, -0.2) is 4.79 Å². The molecule has 0 bridgehead atoms. The minimum Gasteiger partial charge on any atom is -0.488 e. The summed E-state index contributed by atoms with van der Waals surface area (Å²) in [5.41, 5.74) is 2.45. The molecule has 1 N–H and O–H groups in total. The van der Waals surface area contributed by atoms with Gasteiger partial charge in [-0.15, -0.1) is 0 Å². The van der Waals surface area contributed by atoms with Gasteiger partial charge in [0.25, 0.3) is 5.91 Å². The second kappa shape index (κ2) is 11.7. The van der Waals surface area contributed by atoms with E-state index in [4.69, 9.17) is 9.47 Å². The molecular weight excluding hydrogens is 430 g/mol. The van der Waals surface area contributed by atoms with Crippen LogP contribution in [0, 0.1) is 22.7 Å². The van der Waals surface area contributed by atoms with Crippen LogP contribution in [0.4, 0.5) is 5.69 Å². The first kappa shape index (κ1) is 23.8. The molecule has 0 aliphatic heterocycles. The Bertz CT molecular complexity index is 1300. The molecule has 3 rings (SSSR count). The van der Waals surface area contributed by atoms with E-state index in [1.807, 2.05) is 12.1 Å². The second-order valence-corrected chi connectivity index (χ2v) is 7.02. The van der Waals surface area contributed by atoms with Gasteiger partial charge in [0, 0.05) is 16.8 Å². The molecule has 0 aromatic heterocycles. The number of hydrogen-bond acceptors (Lipinski definition) is 6. The summed E-state index contributed by atoms with van der Waals surface area (Å²) in [6, 6.07) is 24.3. The van der Waals surface area contributed by atoms with Crippen molar-refractivity contribution >= 4 is 23.6 Å². The molecule has 0 spiro atoms. The fourth-order valence-electron chi connectivity index (χ4n) is 3.05. The van der Waals surface area contributed by atoms with Crippen molar-refractivity contribution in [2.24, 2.45) is 0 Å². The van der Waals surface area contributed by atoms with Crippen molar-refractivity contribution in [3.63, 3.8) is 0 Å². The normalized spacial score (nSPS) is 10.5. The van der Waals surface area contributed by atoms with Gasteiger partial charge in [-0.05, 0) is 49.4 Å². The first-order valence-electron chi connectivity index (χ1n) is 10.5. The van der Waals surface area contributed by atoms with E-state index in [1.165, 1.54) is 18.2 Å². The van der Waals surface area contributed by atoms with Gasteiger partial charge in [0.15, 0.2) is 0 Å². The van der Waals surface area contributed by atoms with Crippen LogP contribution >= 0.6 is 0 Å². The zero-order valence-corrected chi connectivity index (χ0v) is 18.4. The van der Waals surface area contributed by atoms with E-state index in [9.17, 15) is 20.1 Å². The molecule has 0 fully saturated rings. The van der Waals surface area contributed by atoms with Gasteiger partial charge < -0.3 is 14.8 Å². The molecule has 0 saturated heterocycles. The van der Waals surface area contributed by atoms with Gasteiger partial charge in [0.1, 0.15) is 24.0 Å². The lowest BCUT2D eigenvalue weighted by molar-refractivity contribution is -0.112. The second-order valence-electron chi connectivity index (χ2n) is 7.02. The zero-order valence-electron chi connectivity index (χ0n) is 18.4. The molecular formula is C27H21N3O4. The molecule has 3 aromatic rings. The largest absolute Gasteiger partial charge is 0.488 e. The number of carbonyl (C=O) groups is 2. The predicted octanol–water partition coefficient (Wildman–Crippen LogP) is 4.86. The van der Waals surface area contributed by atoms with Crippen LogP contribution in [0.2, 0.25) is 0 Å². The number of esters is 1. The van der Waals surface area contributed by atoms with Crippen molar-refractivity contribution in [2.75, 3.05) is 11.9 Å². The third-order valence-electron chi connectivity index (χ3n) is 4.76. The first-order chi connectivity index (χ1) is 16.5. The minimum atomic E-state index is -0.601. The monoisotopic (exact) mass is 451 g/mol. The molecule has 168 valence electrons. The first-order valence-corrected chi connectivity index (χ1v) is 10.5. The molecule has 0 unspecified atom stereocenters. The summed E-state index contributed by atoms with van der Waals surface area (Å²) in [6.45, 7) is 2.15. The zero-order chi connectivity index (χ0) is 24.3. The average Bonchev–Trinajstić information content (AvgIpc) is 2.87. The van der Waals surface area contributed by atoms with Gasteiger partial charge >= 0.3 is 5.97 Å². The van der Waals surface area contributed by atoms with Crippen molar-refractivity contribution in [2.45, 2.75) is 13.5 Å². The van der Waals surface area contributed by atoms with Crippen LogP contribution < -0.4 is 10.1 Å². The summed E-state index contributed by atoms with van der Waals surface area (Å²) in [7, 11) is 0. The van der Waals surface area contributed by atoms with Crippen molar-refractivity contribution in [1.82, 2.24) is 0 Å². The van der Waals surface area contributed by atoms with Gasteiger partial charge in [0.2, 0.25) is 0 Å². The Morgan fingerprint density at radius 1 is 0.971 bits per heavy atom. The van der Waals surface area contributed by atoms with Crippen LogP contribution in [0.15, 0.2) is 78.4 Å². The molecule has 0 radical (unpaired) electrons. The van der Waals surface area contributed by atoms with Crippen molar-refractivity contribution in [1.29, 1.82) is 10.5 Å². The highest BCUT2D eigenvalue weighted by Crippen LogP contribution is 2.23. The molecule has 0 atom stereocenters. The number of benzene rings is 3. The summed E-state index contributed by atoms with van der Waals surface area (Å²) in [5.74, 6) is -0.586. The number of para-hydroxylation sites is 1. The highest BCUT2D eigenvalue weighted by molar-refractivity contribution is 6.10. The standard InChI is InChI=1S/C27H21N3O4/c1-2-33-27(32)19-11-13-24(14-12-19)30-26(31)23(17-29)15-20-7-5-6-10-25(20)34-18-22-9-4-3-8-21(22)16-28/h3-15H,2,18H2,1H3,(H,30,31)/b23-15+. The van der Waals surface area contributed by atoms with E-state index >= 15 is 0 Å². The van der Waals surface area contributed by atoms with E-state index in [2.05, 4.69) is 11.4 Å². The van der Waals surface area contributed by atoms with Crippen LogP contribution in [0.5, 0.6) is 5.75 Å². The molecule has 7 nitrogen and oxygen atoms in total. The third kappa shape index (κ3) is 6.09. The van der Waals surface area contributed by atoms with Crippen LogP contribution in [0.3, 0.4) is 0 Å². The smallest absolute Gasteiger partial charge is 0.338 e. The quantitative estimate of drug-likeness (QED) is 0.297. The Hall–Kier alpha value is -4.88. The Labute approximate surface area is 197 Å². The number of ether oxygens (including phenoxy) is 2. The van der Waals surface area contributed by atoms with E-state index in [0.29, 0.717) is 28.1 Å². The van der Waals surface area contributed by atoms with Gasteiger partial charge in [-0.1, -0.05) is 36.4 Å². The van der Waals surface area contributed by atoms with E-state index in [1.54, 1.807) is 61.5 Å². The van der Waals surface area contributed by atoms with E-state index in [0.717, 1.165) is 5.56 Å². The van der Waals surface area contributed by atoms with Crippen LogP contribution in [-0.4, -0.2) is 18.5 Å². The van der Waals surface area contributed by atoms with E-state index < -0.39 is 11.9 Å². The maximum Gasteiger partial charge on any atom is 0.338 e. The number of anilines is 1. The number of nitriles is 2. The number of nitrogens with one attached hydrogen (secondary N) is 1. The van der Waals surface area contributed by atoms with Crippen molar-refractivity contribution < 1.29 is 19.1 Å². The number of rotatable bonds is 8.